The lowest BCUT2D eigenvalue weighted by atomic mass is 10.1. The van der Waals surface area contributed by atoms with Gasteiger partial charge in [0.25, 0.3) is 0 Å². The third-order valence-corrected chi connectivity index (χ3v) is 9.35. The van der Waals surface area contributed by atoms with Crippen molar-refractivity contribution in [1.82, 2.24) is 40.0 Å². The number of hydrogen-bond acceptors (Lipinski definition) is 9. The van der Waals surface area contributed by atoms with E-state index in [1.807, 2.05) is 0 Å². The Balaban J connectivity index is 1.29. The number of nitrogens with zero attached hydrogens (tertiary/aromatic N) is 6. The lowest BCUT2D eigenvalue weighted by Gasteiger charge is -2.30. The number of nitrogens with one attached hydrogen (secondary N) is 2. The van der Waals surface area contributed by atoms with Crippen molar-refractivity contribution in [1.29, 1.82) is 0 Å². The Morgan fingerprint density at radius 2 is 1.84 bits per heavy atom. The first-order valence-corrected chi connectivity index (χ1v) is 16.7. The molecule has 16 heteroatoms. The van der Waals surface area contributed by atoms with Gasteiger partial charge in [0, 0.05) is 37.6 Å². The topological polar surface area (TPSA) is 169 Å². The molecule has 1 unspecified atom stereocenters. The zero-order valence-corrected chi connectivity index (χ0v) is 26.1. The molecule has 2 atom stereocenters. The largest absolute Gasteiger partial charge is 0.378 e. The predicted molar refractivity (Wildman–Crippen MR) is 163 cm³/mol. The molecule has 3 aromatic rings. The first-order chi connectivity index (χ1) is 21.7. The molecule has 0 bridgehead atoms. The molecule has 2 N–H and O–H groups in total. The van der Waals surface area contributed by atoms with Crippen LogP contribution in [-0.4, -0.2) is 101 Å². The summed E-state index contributed by atoms with van der Waals surface area (Å²) in [5.74, 6) is -1.45. The van der Waals surface area contributed by atoms with E-state index >= 15 is 0 Å². The smallest absolute Gasteiger partial charge is 0.243 e. The standard InChI is InChI=1S/C29H35ClN8O6S/c30-23-8-10-25(38-20-32-34-35-38)22(17-23)18-31-28(40)26-7-4-12-37(26)29(41)24(9-11-27(39)36-13-15-44-16-14-36)33-45(42,43)19-21-5-2-1-3-6-21/h1-3,5-6,8,10,17,20,24,26,33H,4,7,9,11-16,18-19H2,(H,31,40)/t24?,26-/m0/s1. The number of morpholine rings is 1. The van der Waals surface area contributed by atoms with E-state index in [1.54, 1.807) is 53.4 Å². The maximum absolute atomic E-state index is 13.9. The SMILES string of the molecule is O=C(NCc1cc(Cl)ccc1-n1cnnn1)[C@@H]1CCCN1C(=O)C(CCC(=O)N1CCOCC1)NS(=O)(=O)Cc1ccccc1. The van der Waals surface area contributed by atoms with Crippen molar-refractivity contribution < 1.29 is 27.5 Å². The molecule has 2 aliphatic rings. The van der Waals surface area contributed by atoms with Crippen LogP contribution in [-0.2, 0) is 41.4 Å². The van der Waals surface area contributed by atoms with Crippen LogP contribution in [0.5, 0.6) is 0 Å². The number of carbonyl (C=O) groups is 3. The van der Waals surface area contributed by atoms with E-state index in [0.717, 1.165) is 0 Å². The molecule has 0 saturated carbocycles. The molecule has 240 valence electrons. The van der Waals surface area contributed by atoms with Gasteiger partial charge in [-0.3, -0.25) is 14.4 Å². The molecule has 0 radical (unpaired) electrons. The van der Waals surface area contributed by atoms with Crippen LogP contribution in [0.25, 0.3) is 5.69 Å². The molecule has 2 fully saturated rings. The molecule has 0 aliphatic carbocycles. The second-order valence-electron chi connectivity index (χ2n) is 10.9. The van der Waals surface area contributed by atoms with E-state index in [9.17, 15) is 22.8 Å². The van der Waals surface area contributed by atoms with Crippen LogP contribution >= 0.6 is 11.6 Å². The minimum Gasteiger partial charge on any atom is -0.378 e. The second kappa shape index (κ2) is 14.9. The van der Waals surface area contributed by atoms with Crippen molar-refractivity contribution in [2.45, 2.75) is 50.1 Å². The minimum absolute atomic E-state index is 0.0380. The zero-order chi connectivity index (χ0) is 31.8. The Kier molecular flexibility index (Phi) is 10.8. The molecular formula is C29H35ClN8O6S. The molecule has 2 aliphatic heterocycles. The Morgan fingerprint density at radius 1 is 1.07 bits per heavy atom. The Labute approximate surface area is 266 Å². The summed E-state index contributed by atoms with van der Waals surface area (Å²) in [6.07, 6.45) is 2.31. The van der Waals surface area contributed by atoms with E-state index < -0.39 is 33.9 Å². The summed E-state index contributed by atoms with van der Waals surface area (Å²) in [6.45, 7) is 2.09. The highest BCUT2D eigenvalue weighted by Gasteiger charge is 2.38. The van der Waals surface area contributed by atoms with Crippen LogP contribution in [0, 0.1) is 0 Å². The molecule has 1 aromatic heterocycles. The summed E-state index contributed by atoms with van der Waals surface area (Å²) in [5, 5.41) is 14.6. The predicted octanol–water partition coefficient (Wildman–Crippen LogP) is 1.05. The van der Waals surface area contributed by atoms with Crippen molar-refractivity contribution in [3.05, 3.63) is 71.0 Å². The highest BCUT2D eigenvalue weighted by Crippen LogP contribution is 2.22. The van der Waals surface area contributed by atoms with Crippen LogP contribution in [0.1, 0.15) is 36.8 Å². The molecule has 14 nitrogen and oxygen atoms in total. The Morgan fingerprint density at radius 3 is 2.58 bits per heavy atom. The number of hydrogen-bond donors (Lipinski definition) is 2. The lowest BCUT2D eigenvalue weighted by Crippen LogP contribution is -2.53. The summed E-state index contributed by atoms with van der Waals surface area (Å²) in [7, 11) is -3.97. The quantitative estimate of drug-likeness (QED) is 0.289. The fourth-order valence-corrected chi connectivity index (χ4v) is 7.08. The molecular weight excluding hydrogens is 624 g/mol. The molecule has 5 rings (SSSR count). The monoisotopic (exact) mass is 658 g/mol. The van der Waals surface area contributed by atoms with Gasteiger partial charge in [-0.15, -0.1) is 5.10 Å². The van der Waals surface area contributed by atoms with Gasteiger partial charge in [0.1, 0.15) is 18.4 Å². The highest BCUT2D eigenvalue weighted by molar-refractivity contribution is 7.88. The fourth-order valence-electron chi connectivity index (χ4n) is 5.52. The third kappa shape index (κ3) is 8.63. The van der Waals surface area contributed by atoms with Crippen molar-refractivity contribution in [3.8, 4) is 5.69 Å². The number of rotatable bonds is 12. The van der Waals surface area contributed by atoms with Gasteiger partial charge < -0.3 is 19.9 Å². The van der Waals surface area contributed by atoms with Crippen molar-refractivity contribution in [2.75, 3.05) is 32.8 Å². The van der Waals surface area contributed by atoms with Gasteiger partial charge in [-0.05, 0) is 59.0 Å². The molecule has 2 saturated heterocycles. The van der Waals surface area contributed by atoms with E-state index in [2.05, 4.69) is 25.6 Å². The van der Waals surface area contributed by atoms with E-state index in [0.29, 0.717) is 61.0 Å². The Hall–Kier alpha value is -3.92. The van der Waals surface area contributed by atoms with Crippen molar-refractivity contribution in [3.63, 3.8) is 0 Å². The lowest BCUT2D eigenvalue weighted by molar-refractivity contribution is -0.140. The van der Waals surface area contributed by atoms with Crippen molar-refractivity contribution in [2.24, 2.45) is 0 Å². The van der Waals surface area contributed by atoms with E-state index in [4.69, 9.17) is 16.3 Å². The van der Waals surface area contributed by atoms with Crippen molar-refractivity contribution >= 4 is 39.3 Å². The van der Waals surface area contributed by atoms with E-state index in [1.165, 1.54) is 15.9 Å². The number of aromatic nitrogens is 4. The average Bonchev–Trinajstić information content (AvgIpc) is 3.75. The normalized spacial score (nSPS) is 17.7. The van der Waals surface area contributed by atoms with Crippen LogP contribution in [0.15, 0.2) is 54.9 Å². The van der Waals surface area contributed by atoms with Gasteiger partial charge in [0.05, 0.1) is 24.7 Å². The number of sulfonamides is 1. The highest BCUT2D eigenvalue weighted by atomic mass is 35.5. The number of likely N-dealkylation sites (tertiary alicyclic amines) is 1. The summed E-state index contributed by atoms with van der Waals surface area (Å²) >= 11 is 6.21. The second-order valence-corrected chi connectivity index (χ2v) is 13.1. The van der Waals surface area contributed by atoms with E-state index in [-0.39, 0.29) is 37.6 Å². The number of amides is 3. The maximum atomic E-state index is 13.9. The van der Waals surface area contributed by atoms with Gasteiger partial charge in [-0.1, -0.05) is 41.9 Å². The number of halogens is 1. The maximum Gasteiger partial charge on any atom is 0.243 e. The van der Waals surface area contributed by atoms with Gasteiger partial charge >= 0.3 is 0 Å². The van der Waals surface area contributed by atoms with Crippen LogP contribution in [0.4, 0.5) is 0 Å². The summed E-state index contributed by atoms with van der Waals surface area (Å²) < 4.78 is 35.7. The van der Waals surface area contributed by atoms with Crippen LogP contribution in [0.2, 0.25) is 5.02 Å². The molecule has 2 aromatic carbocycles. The number of carbonyl (C=O) groups excluding carboxylic acids is 3. The molecule has 3 heterocycles. The number of tetrazole rings is 1. The summed E-state index contributed by atoms with van der Waals surface area (Å²) in [4.78, 5) is 43.3. The van der Waals surface area contributed by atoms with Gasteiger partial charge in [0.2, 0.25) is 27.7 Å². The molecule has 3 amide bonds. The number of ether oxygens (including phenoxy) is 1. The average molecular weight is 659 g/mol. The molecule has 45 heavy (non-hydrogen) atoms. The van der Waals surface area contributed by atoms with Gasteiger partial charge in [0.15, 0.2) is 0 Å². The first-order valence-electron chi connectivity index (χ1n) is 14.7. The summed E-state index contributed by atoms with van der Waals surface area (Å²) in [5.41, 5.74) is 1.84. The zero-order valence-electron chi connectivity index (χ0n) is 24.5. The third-order valence-electron chi connectivity index (χ3n) is 7.76. The Bertz CT molecular complexity index is 1590. The fraction of sp³-hybridized carbons (Fsp3) is 0.448. The van der Waals surface area contributed by atoms with Crippen LogP contribution in [0.3, 0.4) is 0 Å². The van der Waals surface area contributed by atoms with Crippen LogP contribution < -0.4 is 10.0 Å². The van der Waals surface area contributed by atoms with Gasteiger partial charge in [-0.25, -0.2) is 17.8 Å². The number of benzene rings is 2. The summed E-state index contributed by atoms with van der Waals surface area (Å²) in [6, 6.07) is 11.7. The minimum atomic E-state index is -3.97. The molecule has 0 spiro atoms. The van der Waals surface area contributed by atoms with Gasteiger partial charge in [-0.2, -0.15) is 0 Å². The first kappa shape index (κ1) is 32.5.